The summed E-state index contributed by atoms with van der Waals surface area (Å²) in [5.74, 6) is 0.960. The Labute approximate surface area is 126 Å². The maximum absolute atomic E-state index is 12.2. The number of fused-ring (bicyclic) bond motifs is 1. The number of thiophene rings is 1. The molecule has 1 aliphatic heterocycles. The molecule has 0 aliphatic carbocycles. The van der Waals surface area contributed by atoms with Crippen LogP contribution in [-0.2, 0) is 0 Å². The van der Waals surface area contributed by atoms with Crippen LogP contribution in [0.5, 0.6) is 11.5 Å². The first kappa shape index (κ1) is 13.9. The molecule has 5 nitrogen and oxygen atoms in total. The van der Waals surface area contributed by atoms with Gasteiger partial charge in [0, 0.05) is 11.6 Å². The van der Waals surface area contributed by atoms with Crippen molar-refractivity contribution in [1.82, 2.24) is 0 Å². The number of anilines is 1. The number of aliphatic hydroxyl groups is 1. The zero-order valence-corrected chi connectivity index (χ0v) is 12.3. The molecule has 21 heavy (non-hydrogen) atoms. The Bertz CT molecular complexity index is 652. The van der Waals surface area contributed by atoms with Gasteiger partial charge in [-0.25, -0.2) is 0 Å². The van der Waals surface area contributed by atoms with Gasteiger partial charge in [0.05, 0.1) is 16.7 Å². The van der Waals surface area contributed by atoms with E-state index >= 15 is 0 Å². The molecule has 110 valence electrons. The van der Waals surface area contributed by atoms with Gasteiger partial charge in [-0.15, -0.1) is 11.3 Å². The zero-order chi connectivity index (χ0) is 14.8. The van der Waals surface area contributed by atoms with Gasteiger partial charge in [-0.05, 0) is 24.4 Å². The Morgan fingerprint density at radius 2 is 2.05 bits per heavy atom. The highest BCUT2D eigenvalue weighted by atomic mass is 32.1. The van der Waals surface area contributed by atoms with Crippen molar-refractivity contribution in [2.75, 3.05) is 18.5 Å². The molecule has 2 N–H and O–H groups in total. The molecule has 0 spiro atoms. The van der Waals surface area contributed by atoms with Gasteiger partial charge in [-0.1, -0.05) is 6.07 Å². The molecule has 1 atom stereocenters. The van der Waals surface area contributed by atoms with E-state index in [2.05, 4.69) is 5.32 Å². The van der Waals surface area contributed by atoms with Gasteiger partial charge in [0.1, 0.15) is 13.2 Å². The van der Waals surface area contributed by atoms with Crippen LogP contribution >= 0.6 is 11.3 Å². The minimum Gasteiger partial charge on any atom is -0.486 e. The van der Waals surface area contributed by atoms with Crippen LogP contribution in [0.25, 0.3) is 0 Å². The van der Waals surface area contributed by atoms with Gasteiger partial charge < -0.3 is 19.9 Å². The van der Waals surface area contributed by atoms with Crippen molar-refractivity contribution in [3.8, 4) is 11.5 Å². The molecule has 2 aromatic rings. The Hall–Kier alpha value is -2.05. The Morgan fingerprint density at radius 3 is 2.67 bits per heavy atom. The maximum Gasteiger partial charge on any atom is 0.265 e. The summed E-state index contributed by atoms with van der Waals surface area (Å²) >= 11 is 1.36. The first-order valence-electron chi connectivity index (χ1n) is 6.61. The van der Waals surface area contributed by atoms with E-state index in [9.17, 15) is 9.90 Å². The van der Waals surface area contributed by atoms with Crippen LogP contribution in [0.3, 0.4) is 0 Å². The van der Waals surface area contributed by atoms with Gasteiger partial charge in [-0.3, -0.25) is 4.79 Å². The van der Waals surface area contributed by atoms with E-state index < -0.39 is 6.10 Å². The third kappa shape index (κ3) is 2.86. The standard InChI is InChI=1S/C15H15NO4S/c1-9(17)10-7-12-13(20-5-4-19-12)8-11(10)16-15(18)14-3-2-6-21-14/h2-3,6-9,17H,4-5H2,1H3,(H,16,18)/t9-/m0/s1. The first-order chi connectivity index (χ1) is 10.1. The number of amides is 1. The monoisotopic (exact) mass is 305 g/mol. The summed E-state index contributed by atoms with van der Waals surface area (Å²) in [6.07, 6.45) is -0.723. The third-order valence-electron chi connectivity index (χ3n) is 3.16. The summed E-state index contributed by atoms with van der Waals surface area (Å²) in [6.45, 7) is 2.60. The minimum atomic E-state index is -0.723. The average Bonchev–Trinajstić information content (AvgIpc) is 3.00. The normalized spacial score (nSPS) is 14.6. The van der Waals surface area contributed by atoms with Gasteiger partial charge >= 0.3 is 0 Å². The molecule has 2 heterocycles. The highest BCUT2D eigenvalue weighted by Gasteiger charge is 2.20. The van der Waals surface area contributed by atoms with E-state index in [1.165, 1.54) is 11.3 Å². The molecule has 1 aliphatic rings. The van der Waals surface area contributed by atoms with Crippen LogP contribution in [0, 0.1) is 0 Å². The lowest BCUT2D eigenvalue weighted by Gasteiger charge is -2.22. The van der Waals surface area contributed by atoms with Crippen molar-refractivity contribution >= 4 is 22.9 Å². The average molecular weight is 305 g/mol. The van der Waals surface area contributed by atoms with Crippen molar-refractivity contribution in [2.24, 2.45) is 0 Å². The number of hydrogen-bond acceptors (Lipinski definition) is 5. The number of hydrogen-bond donors (Lipinski definition) is 2. The quantitative estimate of drug-likeness (QED) is 0.915. The summed E-state index contributed by atoms with van der Waals surface area (Å²) < 4.78 is 11.0. The third-order valence-corrected chi connectivity index (χ3v) is 4.03. The number of aliphatic hydroxyl groups excluding tert-OH is 1. The molecule has 1 amide bonds. The van der Waals surface area contributed by atoms with Crippen LogP contribution < -0.4 is 14.8 Å². The summed E-state index contributed by atoms with van der Waals surface area (Å²) in [7, 11) is 0. The minimum absolute atomic E-state index is 0.205. The van der Waals surface area contributed by atoms with E-state index in [0.717, 1.165) is 0 Å². The van der Waals surface area contributed by atoms with E-state index in [1.807, 2.05) is 11.4 Å². The van der Waals surface area contributed by atoms with E-state index in [-0.39, 0.29) is 5.91 Å². The van der Waals surface area contributed by atoms with Gasteiger partial charge in [-0.2, -0.15) is 0 Å². The lowest BCUT2D eigenvalue weighted by atomic mass is 10.1. The van der Waals surface area contributed by atoms with Crippen molar-refractivity contribution in [1.29, 1.82) is 0 Å². The second-order valence-electron chi connectivity index (χ2n) is 4.69. The molecule has 1 aromatic heterocycles. The molecule has 0 fully saturated rings. The number of carbonyl (C=O) groups is 1. The summed E-state index contributed by atoms with van der Waals surface area (Å²) in [4.78, 5) is 12.8. The summed E-state index contributed by atoms with van der Waals surface area (Å²) in [5, 5.41) is 14.6. The smallest absolute Gasteiger partial charge is 0.265 e. The topological polar surface area (TPSA) is 67.8 Å². The van der Waals surface area contributed by atoms with Crippen molar-refractivity contribution in [3.63, 3.8) is 0 Å². The Kier molecular flexibility index (Phi) is 3.81. The van der Waals surface area contributed by atoms with Crippen molar-refractivity contribution in [3.05, 3.63) is 40.1 Å². The number of carbonyl (C=O) groups excluding carboxylic acids is 1. The highest BCUT2D eigenvalue weighted by molar-refractivity contribution is 7.12. The second-order valence-corrected chi connectivity index (χ2v) is 5.64. The molecule has 1 aromatic carbocycles. The fourth-order valence-corrected chi connectivity index (χ4v) is 2.77. The maximum atomic E-state index is 12.2. The number of rotatable bonds is 3. The molecule has 6 heteroatoms. The van der Waals surface area contributed by atoms with Crippen LogP contribution in [0.2, 0.25) is 0 Å². The lowest BCUT2D eigenvalue weighted by molar-refractivity contribution is 0.103. The predicted octanol–water partition coefficient (Wildman–Crippen LogP) is 2.82. The predicted molar refractivity (Wildman–Crippen MR) is 80.3 cm³/mol. The summed E-state index contributed by atoms with van der Waals surface area (Å²) in [6, 6.07) is 6.98. The van der Waals surface area contributed by atoms with Crippen LogP contribution in [-0.4, -0.2) is 24.2 Å². The molecule has 0 radical (unpaired) electrons. The second kappa shape index (κ2) is 5.75. The van der Waals surface area contributed by atoms with Crippen LogP contribution in [0.15, 0.2) is 29.6 Å². The number of benzene rings is 1. The van der Waals surface area contributed by atoms with Gasteiger partial charge in [0.2, 0.25) is 0 Å². The molecular weight excluding hydrogens is 290 g/mol. The van der Waals surface area contributed by atoms with Crippen molar-refractivity contribution < 1.29 is 19.4 Å². The zero-order valence-electron chi connectivity index (χ0n) is 11.5. The molecule has 3 rings (SSSR count). The van der Waals surface area contributed by atoms with Crippen LogP contribution in [0.1, 0.15) is 28.3 Å². The van der Waals surface area contributed by atoms with Crippen molar-refractivity contribution in [2.45, 2.75) is 13.0 Å². The highest BCUT2D eigenvalue weighted by Crippen LogP contribution is 2.38. The number of nitrogens with one attached hydrogen (secondary N) is 1. The van der Waals surface area contributed by atoms with Crippen LogP contribution in [0.4, 0.5) is 5.69 Å². The Balaban J connectivity index is 1.94. The van der Waals surface area contributed by atoms with E-state index in [0.29, 0.717) is 40.8 Å². The fourth-order valence-electron chi connectivity index (χ4n) is 2.15. The van der Waals surface area contributed by atoms with E-state index in [4.69, 9.17) is 9.47 Å². The number of ether oxygens (including phenoxy) is 2. The molecular formula is C15H15NO4S. The molecule has 0 unspecified atom stereocenters. The first-order valence-corrected chi connectivity index (χ1v) is 7.49. The Morgan fingerprint density at radius 1 is 1.33 bits per heavy atom. The van der Waals surface area contributed by atoms with Gasteiger partial charge in [0.15, 0.2) is 11.5 Å². The molecule has 0 bridgehead atoms. The molecule has 0 saturated heterocycles. The fraction of sp³-hybridized carbons (Fsp3) is 0.267. The SMILES string of the molecule is C[C@H](O)c1cc2c(cc1NC(=O)c1cccs1)OCCO2. The molecule has 0 saturated carbocycles. The largest absolute Gasteiger partial charge is 0.486 e. The van der Waals surface area contributed by atoms with Gasteiger partial charge in [0.25, 0.3) is 5.91 Å². The van der Waals surface area contributed by atoms with E-state index in [1.54, 1.807) is 25.1 Å². The lowest BCUT2D eigenvalue weighted by Crippen LogP contribution is -2.18. The summed E-state index contributed by atoms with van der Waals surface area (Å²) in [5.41, 5.74) is 1.14.